The number of carbonyl (C=O) groups excluding carboxylic acids is 1. The minimum absolute atomic E-state index is 0.0131. The molecule has 1 amide bonds. The fourth-order valence-corrected chi connectivity index (χ4v) is 1.43. The minimum atomic E-state index is -0.0131. The molecular weight excluding hydrogens is 224 g/mol. The molecule has 0 unspecified atom stereocenters. The molecule has 100 valence electrons. The van der Waals surface area contributed by atoms with Gasteiger partial charge >= 0.3 is 0 Å². The third-order valence-electron chi connectivity index (χ3n) is 3.68. The second-order valence-corrected chi connectivity index (χ2v) is 5.66. The van der Waals surface area contributed by atoms with Gasteiger partial charge in [0.25, 0.3) is 5.91 Å². The summed E-state index contributed by atoms with van der Waals surface area (Å²) in [7, 11) is 1.85. The summed E-state index contributed by atoms with van der Waals surface area (Å²) in [6.07, 6.45) is 0. The highest BCUT2D eigenvalue weighted by molar-refractivity contribution is 5.95. The molecule has 3 nitrogen and oxygen atoms in total. The smallest absolute Gasteiger partial charge is 0.251 e. The Labute approximate surface area is 110 Å². The molecule has 0 aliphatic rings. The van der Waals surface area contributed by atoms with Crippen LogP contribution in [0.2, 0.25) is 0 Å². The van der Waals surface area contributed by atoms with Crippen molar-refractivity contribution in [2.45, 2.75) is 27.7 Å². The van der Waals surface area contributed by atoms with E-state index in [1.807, 2.05) is 31.3 Å². The molecule has 0 aliphatic heterocycles. The van der Waals surface area contributed by atoms with Crippen LogP contribution in [0.15, 0.2) is 24.3 Å². The number of amides is 1. The maximum absolute atomic E-state index is 12.0. The third-order valence-corrected chi connectivity index (χ3v) is 3.68. The number of hydrogen-bond acceptors (Lipinski definition) is 2. The molecule has 0 heterocycles. The van der Waals surface area contributed by atoms with E-state index < -0.39 is 0 Å². The van der Waals surface area contributed by atoms with Crippen LogP contribution in [0.3, 0.4) is 0 Å². The van der Waals surface area contributed by atoms with Crippen LogP contribution < -0.4 is 10.6 Å². The number of anilines is 1. The van der Waals surface area contributed by atoms with Crippen LogP contribution in [-0.4, -0.2) is 19.5 Å². The van der Waals surface area contributed by atoms with Gasteiger partial charge in [-0.15, -0.1) is 0 Å². The largest absolute Gasteiger partial charge is 0.388 e. The summed E-state index contributed by atoms with van der Waals surface area (Å²) >= 11 is 0. The first-order valence-corrected chi connectivity index (χ1v) is 6.43. The summed E-state index contributed by atoms with van der Waals surface area (Å²) in [5.41, 5.74) is 1.75. The van der Waals surface area contributed by atoms with Gasteiger partial charge in [-0.2, -0.15) is 0 Å². The van der Waals surface area contributed by atoms with Crippen LogP contribution >= 0.6 is 0 Å². The first-order chi connectivity index (χ1) is 8.36. The van der Waals surface area contributed by atoms with Crippen molar-refractivity contribution in [3.63, 3.8) is 0 Å². The van der Waals surface area contributed by atoms with Gasteiger partial charge in [-0.25, -0.2) is 0 Å². The summed E-state index contributed by atoms with van der Waals surface area (Å²) in [5, 5.41) is 6.04. The molecule has 3 heteroatoms. The molecular formula is C15H24N2O. The van der Waals surface area contributed by atoms with Crippen molar-refractivity contribution >= 4 is 11.6 Å². The summed E-state index contributed by atoms with van der Waals surface area (Å²) in [6, 6.07) is 7.51. The molecule has 1 aromatic rings. The van der Waals surface area contributed by atoms with Gasteiger partial charge in [0, 0.05) is 24.8 Å². The average Bonchev–Trinajstić information content (AvgIpc) is 2.36. The zero-order valence-electron chi connectivity index (χ0n) is 12.0. The Morgan fingerprint density at radius 2 is 2.00 bits per heavy atom. The summed E-state index contributed by atoms with van der Waals surface area (Å²) < 4.78 is 0. The van der Waals surface area contributed by atoms with Crippen molar-refractivity contribution in [2.75, 3.05) is 18.9 Å². The predicted octanol–water partition coefficient (Wildman–Crippen LogP) is 3.14. The van der Waals surface area contributed by atoms with Gasteiger partial charge in [0.15, 0.2) is 0 Å². The van der Waals surface area contributed by atoms with Gasteiger partial charge < -0.3 is 10.6 Å². The SMILES string of the molecule is CNc1cccc(C(=O)NCC(C)(C)C(C)C)c1. The topological polar surface area (TPSA) is 41.1 Å². The summed E-state index contributed by atoms with van der Waals surface area (Å²) in [6.45, 7) is 9.37. The number of nitrogens with one attached hydrogen (secondary N) is 2. The lowest BCUT2D eigenvalue weighted by Crippen LogP contribution is -2.36. The molecule has 0 aromatic heterocycles. The molecule has 0 bridgehead atoms. The number of carbonyl (C=O) groups is 1. The summed E-state index contributed by atoms with van der Waals surface area (Å²) in [5.74, 6) is 0.516. The van der Waals surface area contributed by atoms with Gasteiger partial charge in [-0.1, -0.05) is 33.8 Å². The van der Waals surface area contributed by atoms with Crippen LogP contribution in [-0.2, 0) is 0 Å². The van der Waals surface area contributed by atoms with E-state index in [4.69, 9.17) is 0 Å². The lowest BCUT2D eigenvalue weighted by atomic mass is 9.81. The molecule has 1 aromatic carbocycles. The Morgan fingerprint density at radius 3 is 2.56 bits per heavy atom. The molecule has 0 atom stereocenters. The normalized spacial score (nSPS) is 11.4. The zero-order valence-corrected chi connectivity index (χ0v) is 12.0. The van der Waals surface area contributed by atoms with Crippen molar-refractivity contribution in [2.24, 2.45) is 11.3 Å². The van der Waals surface area contributed by atoms with Crippen molar-refractivity contribution in [3.8, 4) is 0 Å². The predicted molar refractivity (Wildman–Crippen MR) is 76.9 cm³/mol. The molecule has 0 spiro atoms. The summed E-state index contributed by atoms with van der Waals surface area (Å²) in [4.78, 5) is 12.0. The van der Waals surface area contributed by atoms with Crippen molar-refractivity contribution < 1.29 is 4.79 Å². The highest BCUT2D eigenvalue weighted by Gasteiger charge is 2.23. The quantitative estimate of drug-likeness (QED) is 0.840. The maximum atomic E-state index is 12.0. The minimum Gasteiger partial charge on any atom is -0.388 e. The van der Waals surface area contributed by atoms with E-state index in [0.717, 1.165) is 5.69 Å². The average molecular weight is 248 g/mol. The fraction of sp³-hybridized carbons (Fsp3) is 0.533. The van der Waals surface area contributed by atoms with Crippen molar-refractivity contribution in [3.05, 3.63) is 29.8 Å². The lowest BCUT2D eigenvalue weighted by molar-refractivity contribution is 0.0925. The van der Waals surface area contributed by atoms with E-state index in [1.165, 1.54) is 0 Å². The Hall–Kier alpha value is -1.51. The van der Waals surface area contributed by atoms with Gasteiger partial charge in [0.1, 0.15) is 0 Å². The Bertz CT molecular complexity index is 411. The highest BCUT2D eigenvalue weighted by atomic mass is 16.1. The van der Waals surface area contributed by atoms with E-state index in [9.17, 15) is 4.79 Å². The number of rotatable bonds is 5. The molecule has 0 fully saturated rings. The van der Waals surface area contributed by atoms with E-state index >= 15 is 0 Å². The Balaban J connectivity index is 2.66. The van der Waals surface area contributed by atoms with E-state index in [2.05, 4.69) is 38.3 Å². The van der Waals surface area contributed by atoms with Gasteiger partial charge in [0.05, 0.1) is 0 Å². The molecule has 0 saturated heterocycles. The Morgan fingerprint density at radius 1 is 1.33 bits per heavy atom. The highest BCUT2D eigenvalue weighted by Crippen LogP contribution is 2.24. The first-order valence-electron chi connectivity index (χ1n) is 6.43. The van der Waals surface area contributed by atoms with Gasteiger partial charge in [-0.3, -0.25) is 4.79 Å². The molecule has 18 heavy (non-hydrogen) atoms. The van der Waals surface area contributed by atoms with Crippen molar-refractivity contribution in [1.29, 1.82) is 0 Å². The second-order valence-electron chi connectivity index (χ2n) is 5.66. The van der Waals surface area contributed by atoms with Crippen LogP contribution in [0.1, 0.15) is 38.1 Å². The molecule has 1 rings (SSSR count). The zero-order chi connectivity index (χ0) is 13.8. The molecule has 2 N–H and O–H groups in total. The monoisotopic (exact) mass is 248 g/mol. The third kappa shape index (κ3) is 3.76. The maximum Gasteiger partial charge on any atom is 0.251 e. The van der Waals surface area contributed by atoms with Gasteiger partial charge in [0.2, 0.25) is 0 Å². The Kier molecular flexibility index (Phi) is 4.76. The lowest BCUT2D eigenvalue weighted by Gasteiger charge is -2.29. The first kappa shape index (κ1) is 14.6. The van der Waals surface area contributed by atoms with Gasteiger partial charge in [-0.05, 0) is 29.5 Å². The number of hydrogen-bond donors (Lipinski definition) is 2. The van der Waals surface area contributed by atoms with Crippen molar-refractivity contribution in [1.82, 2.24) is 5.32 Å². The van der Waals surface area contributed by atoms with Crippen LogP contribution in [0.25, 0.3) is 0 Å². The van der Waals surface area contributed by atoms with Crippen LogP contribution in [0, 0.1) is 11.3 Å². The van der Waals surface area contributed by atoms with E-state index in [0.29, 0.717) is 18.0 Å². The van der Waals surface area contributed by atoms with E-state index in [-0.39, 0.29) is 11.3 Å². The van der Waals surface area contributed by atoms with Crippen LogP contribution in [0.5, 0.6) is 0 Å². The molecule has 0 aliphatic carbocycles. The second kappa shape index (κ2) is 5.89. The van der Waals surface area contributed by atoms with E-state index in [1.54, 1.807) is 0 Å². The molecule has 0 saturated carbocycles. The number of benzene rings is 1. The standard InChI is InChI=1S/C15H24N2O/c1-11(2)15(3,4)10-17-14(18)12-7-6-8-13(9-12)16-5/h6-9,11,16H,10H2,1-5H3,(H,17,18). The fourth-order valence-electron chi connectivity index (χ4n) is 1.43. The molecule has 0 radical (unpaired) electrons. The van der Waals surface area contributed by atoms with Crippen LogP contribution in [0.4, 0.5) is 5.69 Å².